The third-order valence-electron chi connectivity index (χ3n) is 8.45. The Morgan fingerprint density at radius 3 is 2.26 bits per heavy atom. The normalized spacial score (nSPS) is 20.7. The Balaban J connectivity index is 1.40. The van der Waals surface area contributed by atoms with Gasteiger partial charge in [-0.25, -0.2) is 22.0 Å². The number of carbonyl (C=O) groups excluding carboxylic acids is 3. The van der Waals surface area contributed by atoms with Gasteiger partial charge in [0.1, 0.15) is 17.4 Å². The summed E-state index contributed by atoms with van der Waals surface area (Å²) in [6.07, 6.45) is 1.94. The SMILES string of the molecule is COC(=O)c1ccc(-c2cc(C(=O)N[C@@H]3[C@H]4CC[C@H](C4)[C@@H]3C(=O)Nc3cccc(S(=O)(=O)C(F)(F)F)c3)c(OC)cc2F)cc1F. The molecule has 0 saturated heterocycles. The molecule has 0 aromatic heterocycles. The number of esters is 1. The first-order valence-corrected chi connectivity index (χ1v) is 15.4. The van der Waals surface area contributed by atoms with Crippen molar-refractivity contribution in [2.45, 2.75) is 35.7 Å². The average Bonchev–Trinajstić information content (AvgIpc) is 3.62. The standard InChI is InChI=1S/C31H27F5N2O7S/c1-44-25-14-24(33)21(15-8-9-20(23(32)11-15)30(41)45-2)13-22(25)28(39)38-27-17-7-6-16(10-17)26(27)29(40)37-18-4-3-5-19(12-18)46(42,43)31(34,35)36/h3-5,8-9,11-14,16-17,26-27H,6-7,10H2,1-2H3,(H,37,40)(H,38,39)/t16-,17+,26+,27-/m1/s1. The van der Waals surface area contributed by atoms with Crippen LogP contribution in [0, 0.1) is 29.4 Å². The summed E-state index contributed by atoms with van der Waals surface area (Å²) >= 11 is 0. The molecule has 2 bridgehead atoms. The Hall–Kier alpha value is -4.53. The second-order valence-corrected chi connectivity index (χ2v) is 13.0. The molecular weight excluding hydrogens is 639 g/mol. The Morgan fingerprint density at radius 2 is 1.61 bits per heavy atom. The number of halogens is 5. The van der Waals surface area contributed by atoms with E-state index in [0.29, 0.717) is 25.3 Å². The van der Waals surface area contributed by atoms with E-state index in [4.69, 9.17) is 4.74 Å². The van der Waals surface area contributed by atoms with Gasteiger partial charge in [0.25, 0.3) is 15.7 Å². The van der Waals surface area contributed by atoms with Crippen molar-refractivity contribution in [1.82, 2.24) is 5.32 Å². The van der Waals surface area contributed by atoms with Crippen LogP contribution in [0.25, 0.3) is 11.1 Å². The summed E-state index contributed by atoms with van der Waals surface area (Å²) in [5, 5.41) is 5.33. The molecule has 4 atom stereocenters. The van der Waals surface area contributed by atoms with E-state index in [1.54, 1.807) is 0 Å². The minimum atomic E-state index is -5.65. The molecule has 46 heavy (non-hydrogen) atoms. The van der Waals surface area contributed by atoms with Crippen LogP contribution in [0.15, 0.2) is 59.5 Å². The number of nitrogens with one attached hydrogen (secondary N) is 2. The van der Waals surface area contributed by atoms with Gasteiger partial charge >= 0.3 is 11.5 Å². The maximum absolute atomic E-state index is 15.1. The van der Waals surface area contributed by atoms with E-state index in [9.17, 15) is 40.4 Å². The highest BCUT2D eigenvalue weighted by atomic mass is 32.2. The van der Waals surface area contributed by atoms with Gasteiger partial charge in [-0.05, 0) is 73.1 Å². The van der Waals surface area contributed by atoms with Crippen molar-refractivity contribution < 1.29 is 54.2 Å². The molecular formula is C31H27F5N2O7S. The fraction of sp³-hybridized carbons (Fsp3) is 0.323. The first-order chi connectivity index (χ1) is 21.7. The number of hydrogen-bond donors (Lipinski definition) is 2. The van der Waals surface area contributed by atoms with Gasteiger partial charge < -0.3 is 20.1 Å². The highest BCUT2D eigenvalue weighted by molar-refractivity contribution is 7.92. The van der Waals surface area contributed by atoms with Crippen LogP contribution in [0.5, 0.6) is 5.75 Å². The second-order valence-electron chi connectivity index (χ2n) is 11.0. The fourth-order valence-corrected chi connectivity index (χ4v) is 7.09. The quantitative estimate of drug-likeness (QED) is 0.240. The van der Waals surface area contributed by atoms with Crippen LogP contribution in [0.3, 0.4) is 0 Å². The Morgan fingerprint density at radius 1 is 0.891 bits per heavy atom. The van der Waals surface area contributed by atoms with Crippen molar-refractivity contribution in [2.75, 3.05) is 19.5 Å². The molecule has 15 heteroatoms. The van der Waals surface area contributed by atoms with Crippen LogP contribution < -0.4 is 15.4 Å². The van der Waals surface area contributed by atoms with Crippen LogP contribution in [-0.2, 0) is 19.4 Å². The zero-order valence-electron chi connectivity index (χ0n) is 24.3. The number of ether oxygens (including phenoxy) is 2. The van der Waals surface area contributed by atoms with E-state index in [-0.39, 0.29) is 45.5 Å². The lowest BCUT2D eigenvalue weighted by Crippen LogP contribution is -2.48. The molecule has 0 heterocycles. The third kappa shape index (κ3) is 6.02. The summed E-state index contributed by atoms with van der Waals surface area (Å²) in [5.41, 5.74) is -6.34. The van der Waals surface area contributed by atoms with Crippen LogP contribution in [-0.4, -0.2) is 52.0 Å². The first kappa shape index (κ1) is 32.9. The minimum absolute atomic E-state index is 0.0197. The number of rotatable bonds is 8. The largest absolute Gasteiger partial charge is 0.501 e. The number of hydrogen-bond acceptors (Lipinski definition) is 7. The lowest BCUT2D eigenvalue weighted by Gasteiger charge is -2.31. The molecule has 2 amide bonds. The molecule has 2 saturated carbocycles. The molecule has 2 N–H and O–H groups in total. The summed E-state index contributed by atoms with van der Waals surface area (Å²) in [7, 11) is -3.35. The van der Waals surface area contributed by atoms with Gasteiger partial charge in [-0.1, -0.05) is 12.1 Å². The molecule has 0 aliphatic heterocycles. The lowest BCUT2D eigenvalue weighted by atomic mass is 9.83. The highest BCUT2D eigenvalue weighted by Crippen LogP contribution is 2.49. The molecule has 9 nitrogen and oxygen atoms in total. The molecule has 3 aromatic rings. The monoisotopic (exact) mass is 666 g/mol. The van der Waals surface area contributed by atoms with E-state index in [0.717, 1.165) is 43.5 Å². The van der Waals surface area contributed by atoms with Crippen molar-refractivity contribution in [2.24, 2.45) is 17.8 Å². The minimum Gasteiger partial charge on any atom is -0.496 e. The van der Waals surface area contributed by atoms with E-state index < -0.39 is 61.6 Å². The summed E-state index contributed by atoms with van der Waals surface area (Å²) in [5.74, 6) is -5.32. The van der Waals surface area contributed by atoms with Crippen molar-refractivity contribution >= 4 is 33.3 Å². The zero-order chi connectivity index (χ0) is 33.6. The number of sulfone groups is 1. The average molecular weight is 667 g/mol. The maximum atomic E-state index is 15.1. The number of alkyl halides is 3. The number of fused-ring (bicyclic) bond motifs is 2. The summed E-state index contributed by atoms with van der Waals surface area (Å²) in [6.45, 7) is 0. The van der Waals surface area contributed by atoms with Crippen LogP contribution in [0.1, 0.15) is 40.0 Å². The first-order valence-electron chi connectivity index (χ1n) is 13.9. The molecule has 2 aliphatic rings. The van der Waals surface area contributed by atoms with Crippen LogP contribution >= 0.6 is 0 Å². The second kappa shape index (κ2) is 12.3. The van der Waals surface area contributed by atoms with E-state index in [1.165, 1.54) is 19.2 Å². The molecule has 0 unspecified atom stereocenters. The topological polar surface area (TPSA) is 128 Å². The smallest absolute Gasteiger partial charge is 0.496 e. The van der Waals surface area contributed by atoms with Gasteiger partial charge in [-0.15, -0.1) is 0 Å². The summed E-state index contributed by atoms with van der Waals surface area (Å²) < 4.78 is 102. The molecule has 2 fully saturated rings. The Bertz CT molecular complexity index is 1830. The van der Waals surface area contributed by atoms with Crippen molar-refractivity contribution in [3.63, 3.8) is 0 Å². The number of anilines is 1. The molecule has 244 valence electrons. The predicted octanol–water partition coefficient (Wildman–Crippen LogP) is 5.50. The lowest BCUT2D eigenvalue weighted by molar-refractivity contribution is -0.122. The van der Waals surface area contributed by atoms with E-state index >= 15 is 4.39 Å². The molecule has 5 rings (SSSR count). The number of methoxy groups -OCH3 is 2. The van der Waals surface area contributed by atoms with E-state index in [2.05, 4.69) is 15.4 Å². The summed E-state index contributed by atoms with van der Waals surface area (Å²) in [4.78, 5) is 37.8. The van der Waals surface area contributed by atoms with Gasteiger partial charge in [0.2, 0.25) is 5.91 Å². The van der Waals surface area contributed by atoms with Gasteiger partial charge in [0.05, 0.1) is 36.2 Å². The highest BCUT2D eigenvalue weighted by Gasteiger charge is 2.52. The van der Waals surface area contributed by atoms with Crippen LogP contribution in [0.4, 0.5) is 27.6 Å². The Kier molecular flexibility index (Phi) is 8.81. The molecule has 3 aromatic carbocycles. The molecule has 0 radical (unpaired) electrons. The molecule has 2 aliphatic carbocycles. The van der Waals surface area contributed by atoms with Crippen molar-refractivity contribution in [3.05, 3.63) is 77.4 Å². The van der Waals surface area contributed by atoms with Crippen molar-refractivity contribution in [3.8, 4) is 16.9 Å². The van der Waals surface area contributed by atoms with E-state index in [1.807, 2.05) is 0 Å². The number of carbonyl (C=O) groups is 3. The van der Waals surface area contributed by atoms with Gasteiger partial charge in [-0.2, -0.15) is 13.2 Å². The number of benzene rings is 3. The Labute approximate surface area is 260 Å². The van der Waals surface area contributed by atoms with Gasteiger partial charge in [0.15, 0.2) is 0 Å². The van der Waals surface area contributed by atoms with Crippen LogP contribution in [0.2, 0.25) is 0 Å². The van der Waals surface area contributed by atoms with Crippen molar-refractivity contribution in [1.29, 1.82) is 0 Å². The fourth-order valence-electron chi connectivity index (χ4n) is 6.29. The third-order valence-corrected chi connectivity index (χ3v) is 9.94. The zero-order valence-corrected chi connectivity index (χ0v) is 25.1. The number of amides is 2. The maximum Gasteiger partial charge on any atom is 0.501 e. The summed E-state index contributed by atoms with van der Waals surface area (Å²) in [6, 6.07) is 8.51. The molecule has 0 spiro atoms. The van der Waals surface area contributed by atoms with Gasteiger partial charge in [0, 0.05) is 23.4 Å². The predicted molar refractivity (Wildman–Crippen MR) is 154 cm³/mol. The van der Waals surface area contributed by atoms with Gasteiger partial charge in [-0.3, -0.25) is 9.59 Å².